The van der Waals surface area contributed by atoms with Crippen LogP contribution in [0.4, 0.5) is 5.13 Å². The number of methoxy groups -OCH3 is 1. The Kier molecular flexibility index (Phi) is 7.65. The van der Waals surface area contributed by atoms with E-state index in [1.165, 1.54) is 18.2 Å². The molecule has 0 saturated heterocycles. The fourth-order valence-electron chi connectivity index (χ4n) is 5.74. The average Bonchev–Trinajstić information content (AvgIpc) is 3.83. The van der Waals surface area contributed by atoms with Gasteiger partial charge in [-0.15, -0.1) is 0 Å². The lowest BCUT2D eigenvalue weighted by molar-refractivity contribution is 0.0601. The number of benzene rings is 4. The molecular formula is C36H30N4O3S. The van der Waals surface area contributed by atoms with Crippen LogP contribution in [0.1, 0.15) is 39.6 Å². The van der Waals surface area contributed by atoms with Crippen molar-refractivity contribution in [3.8, 4) is 11.4 Å². The van der Waals surface area contributed by atoms with Gasteiger partial charge in [-0.1, -0.05) is 78.1 Å². The lowest BCUT2D eigenvalue weighted by Crippen LogP contribution is -2.08. The van der Waals surface area contributed by atoms with Crippen molar-refractivity contribution < 1.29 is 13.9 Å². The van der Waals surface area contributed by atoms with E-state index in [1.807, 2.05) is 42.5 Å². The molecule has 0 saturated carbocycles. The SMILES string of the molecule is COC(=O)c1ccc2c(c1)nc(-c1cccc3nc(NCc4ccco4)sc13)n2CCC(c1ccccc1)c1ccccc1. The van der Waals surface area contributed by atoms with Crippen LogP contribution in [-0.4, -0.2) is 27.6 Å². The van der Waals surface area contributed by atoms with Crippen molar-refractivity contribution in [2.75, 3.05) is 12.4 Å². The van der Waals surface area contributed by atoms with Crippen LogP contribution in [0.15, 0.2) is 120 Å². The molecule has 0 radical (unpaired) electrons. The van der Waals surface area contributed by atoms with Crippen LogP contribution in [0.5, 0.6) is 0 Å². The Morgan fingerprint density at radius 1 is 0.886 bits per heavy atom. The van der Waals surface area contributed by atoms with Crippen LogP contribution in [0.3, 0.4) is 0 Å². The van der Waals surface area contributed by atoms with Crippen LogP contribution in [0.25, 0.3) is 32.6 Å². The maximum absolute atomic E-state index is 12.4. The maximum Gasteiger partial charge on any atom is 0.337 e. The van der Waals surface area contributed by atoms with Crippen LogP contribution in [0.2, 0.25) is 0 Å². The van der Waals surface area contributed by atoms with Gasteiger partial charge in [0, 0.05) is 18.0 Å². The van der Waals surface area contributed by atoms with Crippen molar-refractivity contribution in [2.45, 2.75) is 25.4 Å². The van der Waals surface area contributed by atoms with Gasteiger partial charge < -0.3 is 19.0 Å². The van der Waals surface area contributed by atoms with Gasteiger partial charge in [0.05, 0.1) is 46.7 Å². The van der Waals surface area contributed by atoms with E-state index in [0.29, 0.717) is 12.1 Å². The molecule has 7 rings (SSSR count). The summed E-state index contributed by atoms with van der Waals surface area (Å²) in [5.74, 6) is 1.51. The molecule has 0 aliphatic heterocycles. The number of carbonyl (C=O) groups is 1. The number of anilines is 1. The van der Waals surface area contributed by atoms with E-state index in [2.05, 4.69) is 76.6 Å². The molecule has 3 heterocycles. The number of furan rings is 1. The number of carbonyl (C=O) groups excluding carboxylic acids is 1. The first kappa shape index (κ1) is 27.6. The molecule has 0 atom stereocenters. The normalized spacial score (nSPS) is 11.4. The minimum atomic E-state index is -0.381. The van der Waals surface area contributed by atoms with Gasteiger partial charge in [-0.2, -0.15) is 0 Å². The monoisotopic (exact) mass is 598 g/mol. The Labute approximate surface area is 258 Å². The maximum atomic E-state index is 12.4. The van der Waals surface area contributed by atoms with Gasteiger partial charge in [-0.05, 0) is 60.0 Å². The smallest absolute Gasteiger partial charge is 0.337 e. The van der Waals surface area contributed by atoms with E-state index in [4.69, 9.17) is 19.1 Å². The fourth-order valence-corrected chi connectivity index (χ4v) is 6.71. The summed E-state index contributed by atoms with van der Waals surface area (Å²) in [6, 6.07) is 36.8. The zero-order valence-corrected chi connectivity index (χ0v) is 25.0. The van der Waals surface area contributed by atoms with Crippen molar-refractivity contribution in [1.29, 1.82) is 0 Å². The first-order chi connectivity index (χ1) is 21.7. The second-order valence-corrected chi connectivity index (χ2v) is 11.5. The number of thiazole rings is 1. The van der Waals surface area contributed by atoms with E-state index in [9.17, 15) is 4.79 Å². The second kappa shape index (κ2) is 12.2. The number of fused-ring (bicyclic) bond motifs is 2. The zero-order chi connectivity index (χ0) is 29.9. The molecule has 0 spiro atoms. The molecule has 0 aliphatic carbocycles. The first-order valence-electron chi connectivity index (χ1n) is 14.5. The third-order valence-corrected chi connectivity index (χ3v) is 8.93. The number of ether oxygens (including phenoxy) is 1. The Balaban J connectivity index is 1.31. The summed E-state index contributed by atoms with van der Waals surface area (Å²) in [6.45, 7) is 1.27. The minimum Gasteiger partial charge on any atom is -0.467 e. The molecule has 0 amide bonds. The Bertz CT molecular complexity index is 1990. The van der Waals surface area contributed by atoms with Gasteiger partial charge in [0.2, 0.25) is 0 Å². The molecular weight excluding hydrogens is 568 g/mol. The second-order valence-electron chi connectivity index (χ2n) is 10.6. The van der Waals surface area contributed by atoms with Crippen molar-refractivity contribution in [2.24, 2.45) is 0 Å². The molecule has 4 aromatic carbocycles. The van der Waals surface area contributed by atoms with Crippen molar-refractivity contribution in [1.82, 2.24) is 14.5 Å². The Morgan fingerprint density at radius 3 is 2.36 bits per heavy atom. The highest BCUT2D eigenvalue weighted by Gasteiger charge is 2.21. The Morgan fingerprint density at radius 2 is 1.66 bits per heavy atom. The van der Waals surface area contributed by atoms with Crippen molar-refractivity contribution in [3.63, 3.8) is 0 Å². The quantitative estimate of drug-likeness (QED) is 0.159. The van der Waals surface area contributed by atoms with E-state index in [0.717, 1.165) is 56.5 Å². The fraction of sp³-hybridized carbons (Fsp3) is 0.139. The summed E-state index contributed by atoms with van der Waals surface area (Å²) in [5, 5.41) is 4.21. The highest BCUT2D eigenvalue weighted by molar-refractivity contribution is 7.22. The molecule has 0 aliphatic rings. The van der Waals surface area contributed by atoms with Gasteiger partial charge in [-0.3, -0.25) is 0 Å². The van der Waals surface area contributed by atoms with Crippen LogP contribution in [-0.2, 0) is 17.8 Å². The molecule has 0 bridgehead atoms. The first-order valence-corrected chi connectivity index (χ1v) is 15.3. The van der Waals surface area contributed by atoms with Crippen LogP contribution >= 0.6 is 11.3 Å². The number of rotatable bonds is 10. The number of aromatic nitrogens is 3. The standard InChI is InChI=1S/C36H30N4O3S/c1-42-35(41)26-17-18-32-31(22-26)38-34(29-15-8-16-30-33(29)44-36(39-30)37-23-27-14-9-21-43-27)40(32)20-19-28(24-10-4-2-5-11-24)25-12-6-3-7-13-25/h2-18,21-22,28H,19-20,23H2,1H3,(H,37,39). The van der Waals surface area contributed by atoms with Gasteiger partial charge >= 0.3 is 5.97 Å². The molecule has 0 unspecified atom stereocenters. The predicted octanol–water partition coefficient (Wildman–Crippen LogP) is 8.53. The van der Waals surface area contributed by atoms with E-state index < -0.39 is 0 Å². The summed E-state index contributed by atoms with van der Waals surface area (Å²) >= 11 is 1.60. The lowest BCUT2D eigenvalue weighted by Gasteiger charge is -2.20. The summed E-state index contributed by atoms with van der Waals surface area (Å²) in [6.07, 6.45) is 2.53. The highest BCUT2D eigenvalue weighted by atomic mass is 32.1. The van der Waals surface area contributed by atoms with Gasteiger partial charge in [0.25, 0.3) is 0 Å². The van der Waals surface area contributed by atoms with Crippen LogP contribution in [0, 0.1) is 0 Å². The Hall–Kier alpha value is -5.21. The number of hydrogen-bond acceptors (Lipinski definition) is 7. The lowest BCUT2D eigenvalue weighted by atomic mass is 9.88. The largest absolute Gasteiger partial charge is 0.467 e. The van der Waals surface area contributed by atoms with Gasteiger partial charge in [0.1, 0.15) is 11.6 Å². The summed E-state index contributed by atoms with van der Waals surface area (Å²) in [4.78, 5) is 22.4. The molecule has 1 N–H and O–H groups in total. The topological polar surface area (TPSA) is 82.2 Å². The highest BCUT2D eigenvalue weighted by Crippen LogP contribution is 2.37. The number of aryl methyl sites for hydroxylation is 1. The predicted molar refractivity (Wildman–Crippen MR) is 175 cm³/mol. The van der Waals surface area contributed by atoms with Crippen molar-refractivity contribution >= 4 is 43.7 Å². The number of nitrogens with one attached hydrogen (secondary N) is 1. The number of esters is 1. The van der Waals surface area contributed by atoms with Crippen LogP contribution < -0.4 is 5.32 Å². The van der Waals surface area contributed by atoms with Gasteiger partial charge in [0.15, 0.2) is 5.13 Å². The minimum absolute atomic E-state index is 0.202. The third-order valence-electron chi connectivity index (χ3n) is 7.86. The summed E-state index contributed by atoms with van der Waals surface area (Å²) in [7, 11) is 1.39. The number of hydrogen-bond donors (Lipinski definition) is 1. The molecule has 3 aromatic heterocycles. The van der Waals surface area contributed by atoms with E-state index >= 15 is 0 Å². The molecule has 8 heteroatoms. The molecule has 7 aromatic rings. The van der Waals surface area contributed by atoms with Gasteiger partial charge in [-0.25, -0.2) is 14.8 Å². The number of nitrogens with zero attached hydrogens (tertiary/aromatic N) is 3. The number of imidazole rings is 1. The summed E-state index contributed by atoms with van der Waals surface area (Å²) < 4.78 is 13.8. The van der Waals surface area contributed by atoms with E-state index in [1.54, 1.807) is 17.6 Å². The molecule has 7 nitrogen and oxygen atoms in total. The third kappa shape index (κ3) is 5.47. The molecule has 0 fully saturated rings. The average molecular weight is 599 g/mol. The zero-order valence-electron chi connectivity index (χ0n) is 24.1. The molecule has 44 heavy (non-hydrogen) atoms. The molecule has 218 valence electrons. The summed E-state index contributed by atoms with van der Waals surface area (Å²) in [5.41, 5.74) is 6.63. The van der Waals surface area contributed by atoms with Crippen molar-refractivity contribution in [3.05, 3.63) is 138 Å². The van der Waals surface area contributed by atoms with E-state index in [-0.39, 0.29) is 11.9 Å².